The van der Waals surface area contributed by atoms with Gasteiger partial charge in [0.15, 0.2) is 17.4 Å². The predicted molar refractivity (Wildman–Crippen MR) is 231 cm³/mol. The molecule has 2 saturated carbocycles. The molecule has 20 heteroatoms. The van der Waals surface area contributed by atoms with Crippen molar-refractivity contribution in [2.45, 2.75) is 82.5 Å². The quantitative estimate of drug-likeness (QED) is 0.160. The van der Waals surface area contributed by atoms with Crippen molar-refractivity contribution in [3.63, 3.8) is 0 Å². The van der Waals surface area contributed by atoms with Crippen LogP contribution >= 0.6 is 0 Å². The normalized spacial score (nSPS) is 21.9. The molecule has 2 aromatic heterocycles. The maximum atomic E-state index is 16.1. The maximum absolute atomic E-state index is 16.1. The molecule has 64 heavy (non-hydrogen) atoms. The van der Waals surface area contributed by atoms with E-state index in [1.165, 1.54) is 36.5 Å². The molecule has 4 fully saturated rings. The number of nitrogens with one attached hydrogen (secondary N) is 2. The zero-order valence-corrected chi connectivity index (χ0v) is 36.3. The van der Waals surface area contributed by atoms with Crippen LogP contribution in [0.1, 0.15) is 81.4 Å². The number of alkyl halides is 1. The summed E-state index contributed by atoms with van der Waals surface area (Å²) in [6.07, 6.45) is 5.05. The Morgan fingerprint density at radius 3 is 2.50 bits per heavy atom. The Balaban J connectivity index is 0.831. The van der Waals surface area contributed by atoms with Gasteiger partial charge in [0.25, 0.3) is 5.56 Å². The monoisotopic (exact) mass is 900 g/mol. The van der Waals surface area contributed by atoms with Gasteiger partial charge in [-0.25, -0.2) is 22.9 Å². The van der Waals surface area contributed by atoms with Crippen molar-refractivity contribution in [3.8, 4) is 17.6 Å². The number of aromatic nitrogens is 4. The summed E-state index contributed by atoms with van der Waals surface area (Å²) in [5.41, 5.74) is 0.604. The Hall–Kier alpha value is -6.04. The molecular formula is C44H47F3N10O6S. The molecule has 9 rings (SSSR count). The SMILES string of the molecule is CCN(C)S(=O)(=O)Nc1ccc(F)c(Oc2ccc3ncn(C4CC5(CCN(C6CCC(c7cc8c(cc7F)c(N7CCC(=O)NC7=O)nn8C)CC6F)CC5)C4)c(=O)c3c2)c1C#N. The number of hydrogen-bond donors (Lipinski definition) is 2. The highest BCUT2D eigenvalue weighted by molar-refractivity contribution is 7.90. The number of imide groups is 1. The Morgan fingerprint density at radius 2 is 1.80 bits per heavy atom. The molecule has 3 unspecified atom stereocenters. The number of benzene rings is 3. The van der Waals surface area contributed by atoms with Gasteiger partial charge in [-0.2, -0.15) is 23.1 Å². The molecule has 5 aromatic rings. The minimum atomic E-state index is -4.03. The minimum absolute atomic E-state index is 0.00186. The highest BCUT2D eigenvalue weighted by Crippen LogP contribution is 2.55. The lowest BCUT2D eigenvalue weighted by atomic mass is 9.60. The van der Waals surface area contributed by atoms with Gasteiger partial charge in [-0.05, 0) is 117 Å². The fraction of sp³-hybridized carbons (Fsp3) is 0.455. The molecular weight excluding hydrogens is 854 g/mol. The van der Waals surface area contributed by atoms with Crippen molar-refractivity contribution in [3.05, 3.63) is 81.9 Å². The summed E-state index contributed by atoms with van der Waals surface area (Å²) in [4.78, 5) is 46.2. The lowest BCUT2D eigenvalue weighted by Crippen LogP contribution is -2.54. The second kappa shape index (κ2) is 16.5. The van der Waals surface area contributed by atoms with Crippen LogP contribution in [0, 0.1) is 28.4 Å². The van der Waals surface area contributed by atoms with Crippen molar-refractivity contribution in [1.82, 2.24) is 33.9 Å². The van der Waals surface area contributed by atoms with Gasteiger partial charge in [0.05, 0.1) is 28.4 Å². The number of anilines is 2. The summed E-state index contributed by atoms with van der Waals surface area (Å²) >= 11 is 0. The standard InChI is InChI=1S/C44H47F3N10O6S/c1-4-53(2)64(61,62)52-36-9-7-32(45)40(31(36)23-48)63-27-6-8-35-29(18-27)42(59)57(24-49-35)26-21-44(22-26)12-15-55(16-13-44)37-10-5-25(17-34(37)47)28-20-38-30(19-33(28)46)41(51-54(38)3)56-14-11-39(58)50-43(56)60/h6-9,18-20,24-26,34,37,52H,4-5,10-17,21-22H2,1-3H3,(H,50,58,60). The number of urea groups is 1. The van der Waals surface area contributed by atoms with Crippen LogP contribution in [-0.2, 0) is 22.1 Å². The number of carbonyl (C=O) groups excluding carboxylic acids is 2. The average Bonchev–Trinajstić information content (AvgIpc) is 3.57. The molecule has 2 saturated heterocycles. The summed E-state index contributed by atoms with van der Waals surface area (Å²) in [6, 6.07) is 10.5. The lowest BCUT2D eigenvalue weighted by Gasteiger charge is -2.54. The molecule has 2 N–H and O–H groups in total. The van der Waals surface area contributed by atoms with Crippen LogP contribution in [0.2, 0.25) is 0 Å². The molecule has 4 aliphatic rings. The second-order valence-electron chi connectivity index (χ2n) is 17.5. The molecule has 4 heterocycles. The Bertz CT molecular complexity index is 2920. The Morgan fingerprint density at radius 1 is 1.03 bits per heavy atom. The van der Waals surface area contributed by atoms with Gasteiger partial charge in [0.1, 0.15) is 29.4 Å². The number of amides is 3. The van der Waals surface area contributed by atoms with Crippen LogP contribution in [-0.4, -0.2) is 94.3 Å². The van der Waals surface area contributed by atoms with E-state index in [1.54, 1.807) is 35.4 Å². The third-order valence-corrected chi connectivity index (χ3v) is 15.3. The highest BCUT2D eigenvalue weighted by Gasteiger charge is 2.48. The van der Waals surface area contributed by atoms with E-state index in [9.17, 15) is 28.1 Å². The van der Waals surface area contributed by atoms with Gasteiger partial charge in [0.2, 0.25) is 5.91 Å². The van der Waals surface area contributed by atoms with Crippen LogP contribution in [0.15, 0.2) is 53.6 Å². The fourth-order valence-corrected chi connectivity index (χ4v) is 11.0. The molecule has 1 spiro atoms. The van der Waals surface area contributed by atoms with E-state index < -0.39 is 39.8 Å². The third kappa shape index (κ3) is 7.72. The molecule has 2 aliphatic carbocycles. The van der Waals surface area contributed by atoms with E-state index in [0.717, 1.165) is 42.1 Å². The number of aryl methyl sites for hydroxylation is 1. The predicted octanol–water partition coefficient (Wildman–Crippen LogP) is 6.37. The molecule has 3 amide bonds. The number of halogens is 3. The zero-order valence-electron chi connectivity index (χ0n) is 35.5. The summed E-state index contributed by atoms with van der Waals surface area (Å²) in [7, 11) is -0.966. The number of fused-ring (bicyclic) bond motifs is 2. The summed E-state index contributed by atoms with van der Waals surface area (Å²) in [5.74, 6) is -2.25. The number of piperidine rings is 1. The molecule has 3 atom stereocenters. The zero-order chi connectivity index (χ0) is 45.2. The Kier molecular flexibility index (Phi) is 11.1. The third-order valence-electron chi connectivity index (χ3n) is 13.8. The van der Waals surface area contributed by atoms with E-state index in [-0.39, 0.29) is 89.0 Å². The van der Waals surface area contributed by atoms with Crippen LogP contribution in [0.5, 0.6) is 11.5 Å². The van der Waals surface area contributed by atoms with Gasteiger partial charge < -0.3 is 4.74 Å². The minimum Gasteiger partial charge on any atom is -0.453 e. The van der Waals surface area contributed by atoms with E-state index in [0.29, 0.717) is 47.9 Å². The van der Waals surface area contributed by atoms with Crippen LogP contribution in [0.4, 0.5) is 29.5 Å². The first-order valence-electron chi connectivity index (χ1n) is 21.4. The van der Waals surface area contributed by atoms with Gasteiger partial charge in [-0.15, -0.1) is 0 Å². The average molecular weight is 901 g/mol. The molecule has 336 valence electrons. The first-order valence-corrected chi connectivity index (χ1v) is 22.8. The smallest absolute Gasteiger partial charge is 0.329 e. The van der Waals surface area contributed by atoms with Crippen LogP contribution in [0.3, 0.4) is 0 Å². The molecule has 3 aromatic carbocycles. The molecule has 0 radical (unpaired) electrons. The van der Waals surface area contributed by atoms with E-state index >= 15 is 13.2 Å². The highest BCUT2D eigenvalue weighted by atomic mass is 32.2. The topological polar surface area (TPSA) is 188 Å². The largest absolute Gasteiger partial charge is 0.453 e. The van der Waals surface area contributed by atoms with E-state index in [1.807, 2.05) is 6.07 Å². The first-order chi connectivity index (χ1) is 30.6. The first kappa shape index (κ1) is 43.2. The van der Waals surface area contributed by atoms with Crippen LogP contribution < -0.4 is 25.2 Å². The summed E-state index contributed by atoms with van der Waals surface area (Å²) in [5, 5.41) is 17.3. The number of likely N-dealkylation sites (tertiary alicyclic amines) is 1. The van der Waals surface area contributed by atoms with E-state index in [2.05, 4.69) is 25.0 Å². The number of nitriles is 1. The number of rotatable bonds is 10. The lowest BCUT2D eigenvalue weighted by molar-refractivity contribution is -0.120. The summed E-state index contributed by atoms with van der Waals surface area (Å²) < 4.78 is 84.7. The number of ether oxygens (including phenoxy) is 1. The van der Waals surface area contributed by atoms with Crippen LogP contribution in [0.25, 0.3) is 21.8 Å². The fourth-order valence-electron chi connectivity index (χ4n) is 10.0. The number of nitrogens with zero attached hydrogens (tertiary/aromatic N) is 8. The van der Waals surface area contributed by atoms with E-state index in [4.69, 9.17) is 4.74 Å². The van der Waals surface area contributed by atoms with Crippen molar-refractivity contribution in [2.75, 3.05) is 42.8 Å². The Labute approximate surface area is 366 Å². The van der Waals surface area contributed by atoms with Gasteiger partial charge in [-0.1, -0.05) is 6.92 Å². The van der Waals surface area contributed by atoms with Crippen molar-refractivity contribution in [1.29, 1.82) is 5.26 Å². The second-order valence-corrected chi connectivity index (χ2v) is 19.2. The number of hydrogen-bond acceptors (Lipinski definition) is 10. The van der Waals surface area contributed by atoms with Crippen molar-refractivity contribution in [2.24, 2.45) is 12.5 Å². The molecule has 2 aliphatic heterocycles. The van der Waals surface area contributed by atoms with Crippen molar-refractivity contribution >= 4 is 55.5 Å². The van der Waals surface area contributed by atoms with Gasteiger partial charge in [-0.3, -0.25) is 38.7 Å². The maximum Gasteiger partial charge on any atom is 0.329 e. The molecule has 0 bridgehead atoms. The number of carbonyl (C=O) groups is 2. The van der Waals surface area contributed by atoms with Gasteiger partial charge in [0, 0.05) is 51.1 Å². The van der Waals surface area contributed by atoms with Crippen molar-refractivity contribution < 1.29 is 35.9 Å². The summed E-state index contributed by atoms with van der Waals surface area (Å²) in [6.45, 7) is 3.35. The molecule has 16 nitrogen and oxygen atoms in total. The van der Waals surface area contributed by atoms with Gasteiger partial charge >= 0.3 is 16.2 Å².